The molecule has 1 saturated heterocycles. The van der Waals surface area contributed by atoms with Crippen molar-refractivity contribution < 1.29 is 19.1 Å². The van der Waals surface area contributed by atoms with Crippen molar-refractivity contribution in [2.75, 3.05) is 7.11 Å². The maximum absolute atomic E-state index is 11.8. The summed E-state index contributed by atoms with van der Waals surface area (Å²) in [6, 6.07) is 1.74. The highest BCUT2D eigenvalue weighted by Crippen LogP contribution is 2.17. The summed E-state index contributed by atoms with van der Waals surface area (Å²) in [6.07, 6.45) is 1.66. The Kier molecular flexibility index (Phi) is 3.46. The fourth-order valence-corrected chi connectivity index (χ4v) is 1.93. The van der Waals surface area contributed by atoms with E-state index in [0.29, 0.717) is 0 Å². The van der Waals surface area contributed by atoms with Gasteiger partial charge in [0.1, 0.15) is 6.04 Å². The summed E-state index contributed by atoms with van der Waals surface area (Å²) in [6.45, 7) is 0. The lowest BCUT2D eigenvalue weighted by Crippen LogP contribution is -2.44. The van der Waals surface area contributed by atoms with Gasteiger partial charge in [0.15, 0.2) is 0 Å². The van der Waals surface area contributed by atoms with E-state index < -0.39 is 23.5 Å². The molecule has 2 rings (SSSR count). The van der Waals surface area contributed by atoms with E-state index in [1.54, 1.807) is 0 Å². The molecule has 0 saturated carbocycles. The lowest BCUT2D eigenvalue weighted by atomic mass is 10.1. The predicted molar refractivity (Wildman–Crippen MR) is 63.5 cm³/mol. The first-order valence-electron chi connectivity index (χ1n) is 5.67. The molecule has 1 aromatic heterocycles. The number of hydrogen-bond donors (Lipinski definition) is 1. The molecule has 2 heterocycles. The smallest absolute Gasteiger partial charge is 0.339 e. The molecular weight excluding hydrogens is 252 g/mol. The highest BCUT2D eigenvalue weighted by molar-refractivity contribution is 5.99. The van der Waals surface area contributed by atoms with Gasteiger partial charge in [0.05, 0.1) is 12.7 Å². The number of carbonyl (C=O) groups excluding carboxylic acids is 3. The number of carbonyl (C=O) groups is 3. The summed E-state index contributed by atoms with van der Waals surface area (Å²) in [7, 11) is 1.23. The monoisotopic (exact) mass is 264 g/mol. The van der Waals surface area contributed by atoms with Crippen molar-refractivity contribution in [2.45, 2.75) is 18.9 Å². The average molecular weight is 264 g/mol. The van der Waals surface area contributed by atoms with Crippen molar-refractivity contribution >= 4 is 17.8 Å². The van der Waals surface area contributed by atoms with Gasteiger partial charge in [-0.2, -0.15) is 0 Å². The Bertz CT molecular complexity index is 604. The Morgan fingerprint density at radius 2 is 2.11 bits per heavy atom. The Hall–Kier alpha value is -2.44. The number of pyridine rings is 1. The van der Waals surface area contributed by atoms with E-state index in [0.717, 1.165) is 4.57 Å². The van der Waals surface area contributed by atoms with Gasteiger partial charge in [0.2, 0.25) is 11.8 Å². The van der Waals surface area contributed by atoms with Crippen molar-refractivity contribution in [2.24, 2.45) is 0 Å². The number of aromatic nitrogens is 1. The first-order chi connectivity index (χ1) is 9.02. The molecule has 1 aliphatic rings. The van der Waals surface area contributed by atoms with E-state index in [4.69, 9.17) is 0 Å². The summed E-state index contributed by atoms with van der Waals surface area (Å²) < 4.78 is 5.70. The van der Waals surface area contributed by atoms with Crippen LogP contribution in [0.5, 0.6) is 0 Å². The van der Waals surface area contributed by atoms with Gasteiger partial charge in [-0.3, -0.25) is 19.7 Å². The molecule has 0 aromatic carbocycles. The van der Waals surface area contributed by atoms with Crippen LogP contribution in [0, 0.1) is 0 Å². The van der Waals surface area contributed by atoms with Crippen LogP contribution < -0.4 is 10.9 Å². The predicted octanol–water partition coefficient (Wildman–Crippen LogP) is -0.387. The molecule has 0 bridgehead atoms. The summed E-state index contributed by atoms with van der Waals surface area (Å²) in [5.41, 5.74) is -0.242. The molecule has 19 heavy (non-hydrogen) atoms. The number of hydrogen-bond acceptors (Lipinski definition) is 5. The zero-order valence-corrected chi connectivity index (χ0v) is 10.2. The lowest BCUT2D eigenvalue weighted by Gasteiger charge is -2.22. The van der Waals surface area contributed by atoms with E-state index in [-0.39, 0.29) is 24.3 Å². The quantitative estimate of drug-likeness (QED) is 0.580. The van der Waals surface area contributed by atoms with Crippen LogP contribution in [-0.2, 0) is 14.3 Å². The van der Waals surface area contributed by atoms with Gasteiger partial charge in [-0.25, -0.2) is 4.79 Å². The SMILES string of the molecule is COC(=O)c1ccc(=O)n(C2CCC(=O)NC2=O)c1. The first kappa shape index (κ1) is 13.0. The highest BCUT2D eigenvalue weighted by Gasteiger charge is 2.28. The van der Waals surface area contributed by atoms with Crippen LogP contribution in [-0.4, -0.2) is 29.5 Å². The van der Waals surface area contributed by atoms with Crippen LogP contribution in [0.3, 0.4) is 0 Å². The number of esters is 1. The Labute approximate surface area is 108 Å². The Morgan fingerprint density at radius 1 is 1.37 bits per heavy atom. The van der Waals surface area contributed by atoms with Gasteiger partial charge >= 0.3 is 5.97 Å². The third-order valence-electron chi connectivity index (χ3n) is 2.91. The third-order valence-corrected chi connectivity index (χ3v) is 2.91. The van der Waals surface area contributed by atoms with Crippen LogP contribution in [0.1, 0.15) is 29.2 Å². The van der Waals surface area contributed by atoms with Gasteiger partial charge in [-0.1, -0.05) is 0 Å². The molecular formula is C12H12N2O5. The van der Waals surface area contributed by atoms with E-state index in [1.807, 2.05) is 0 Å². The fourth-order valence-electron chi connectivity index (χ4n) is 1.93. The minimum atomic E-state index is -0.783. The van der Waals surface area contributed by atoms with E-state index in [9.17, 15) is 19.2 Å². The van der Waals surface area contributed by atoms with Crippen molar-refractivity contribution in [3.63, 3.8) is 0 Å². The number of methoxy groups -OCH3 is 1. The number of imide groups is 1. The van der Waals surface area contributed by atoms with Crippen molar-refractivity contribution in [3.05, 3.63) is 34.2 Å². The second kappa shape index (κ2) is 5.05. The highest BCUT2D eigenvalue weighted by atomic mass is 16.5. The van der Waals surface area contributed by atoms with Crippen LogP contribution in [0.25, 0.3) is 0 Å². The molecule has 1 atom stereocenters. The van der Waals surface area contributed by atoms with Crippen LogP contribution in [0.4, 0.5) is 0 Å². The maximum atomic E-state index is 11.8. The second-order valence-corrected chi connectivity index (χ2v) is 4.12. The molecule has 7 nitrogen and oxygen atoms in total. The molecule has 1 N–H and O–H groups in total. The first-order valence-corrected chi connectivity index (χ1v) is 5.67. The number of nitrogens with zero attached hydrogens (tertiary/aromatic N) is 1. The van der Waals surface area contributed by atoms with Crippen molar-refractivity contribution in [3.8, 4) is 0 Å². The average Bonchev–Trinajstić information content (AvgIpc) is 2.39. The zero-order valence-electron chi connectivity index (χ0n) is 10.2. The molecule has 0 aliphatic carbocycles. The van der Waals surface area contributed by atoms with E-state index in [2.05, 4.69) is 10.1 Å². The number of rotatable bonds is 2. The second-order valence-electron chi connectivity index (χ2n) is 4.12. The molecule has 2 amide bonds. The maximum Gasteiger partial charge on any atom is 0.339 e. The largest absolute Gasteiger partial charge is 0.465 e. The number of ether oxygens (including phenoxy) is 1. The minimum absolute atomic E-state index is 0.158. The molecule has 1 aliphatic heterocycles. The van der Waals surface area contributed by atoms with Gasteiger partial charge < -0.3 is 9.30 Å². The molecule has 0 radical (unpaired) electrons. The minimum Gasteiger partial charge on any atom is -0.465 e. The Morgan fingerprint density at radius 3 is 2.74 bits per heavy atom. The molecule has 1 aromatic rings. The zero-order chi connectivity index (χ0) is 14.0. The van der Waals surface area contributed by atoms with Crippen LogP contribution >= 0.6 is 0 Å². The van der Waals surface area contributed by atoms with Crippen LogP contribution in [0.2, 0.25) is 0 Å². The summed E-state index contributed by atoms with van der Waals surface area (Å²) in [5, 5.41) is 2.16. The summed E-state index contributed by atoms with van der Waals surface area (Å²) in [4.78, 5) is 45.9. The van der Waals surface area contributed by atoms with E-state index in [1.165, 1.54) is 25.4 Å². The molecule has 1 fully saturated rings. The lowest BCUT2D eigenvalue weighted by molar-refractivity contribution is -0.135. The van der Waals surface area contributed by atoms with Gasteiger partial charge in [0, 0.05) is 18.7 Å². The van der Waals surface area contributed by atoms with Gasteiger partial charge in [0.25, 0.3) is 5.56 Å². The Balaban J connectivity index is 2.38. The van der Waals surface area contributed by atoms with E-state index >= 15 is 0 Å². The van der Waals surface area contributed by atoms with Crippen molar-refractivity contribution in [1.82, 2.24) is 9.88 Å². The number of nitrogens with one attached hydrogen (secondary N) is 1. The normalized spacial score (nSPS) is 18.9. The number of piperidine rings is 1. The number of amides is 2. The molecule has 0 spiro atoms. The summed E-state index contributed by atoms with van der Waals surface area (Å²) >= 11 is 0. The molecule has 7 heteroatoms. The fraction of sp³-hybridized carbons (Fsp3) is 0.333. The van der Waals surface area contributed by atoms with Gasteiger partial charge in [-0.15, -0.1) is 0 Å². The molecule has 100 valence electrons. The summed E-state index contributed by atoms with van der Waals surface area (Å²) in [5.74, 6) is -1.50. The van der Waals surface area contributed by atoms with Crippen LogP contribution in [0.15, 0.2) is 23.1 Å². The molecule has 1 unspecified atom stereocenters. The topological polar surface area (TPSA) is 94.5 Å². The third kappa shape index (κ3) is 2.54. The standard InChI is InChI=1S/C12H12N2O5/c1-19-12(18)7-2-5-10(16)14(6-7)8-3-4-9(15)13-11(8)17/h2,5-6,8H,3-4H2,1H3,(H,13,15,17). The van der Waals surface area contributed by atoms with Crippen molar-refractivity contribution in [1.29, 1.82) is 0 Å². The van der Waals surface area contributed by atoms with Gasteiger partial charge in [-0.05, 0) is 12.5 Å².